The lowest BCUT2D eigenvalue weighted by atomic mass is 9.91. The van der Waals surface area contributed by atoms with Crippen molar-refractivity contribution in [2.45, 2.75) is 12.8 Å². The molecule has 0 aromatic heterocycles. The molecule has 0 atom stereocenters. The van der Waals surface area contributed by atoms with Crippen LogP contribution in [-0.2, 0) is 12.8 Å². The molecule has 1 N–H and O–H groups in total. The Labute approximate surface area is 207 Å². The zero-order chi connectivity index (χ0) is 26.7. The Morgan fingerprint density at radius 3 is 2.27 bits per heavy atom. The van der Waals surface area contributed by atoms with Crippen LogP contribution in [0.15, 0.2) is 78.9 Å². The van der Waals surface area contributed by atoms with Crippen LogP contribution in [0.25, 0.3) is 22.3 Å². The molecule has 0 saturated carbocycles. The third-order valence-electron chi connectivity index (χ3n) is 5.54. The van der Waals surface area contributed by atoms with Crippen molar-refractivity contribution < 1.29 is 36.6 Å². The second-order valence-electron chi connectivity index (χ2n) is 7.99. The molecule has 37 heavy (non-hydrogen) atoms. The zero-order valence-electron chi connectivity index (χ0n) is 18.8. The third-order valence-corrected chi connectivity index (χ3v) is 5.54. The molecule has 0 aliphatic rings. The van der Waals surface area contributed by atoms with Crippen molar-refractivity contribution >= 4 is 5.97 Å². The van der Waals surface area contributed by atoms with Crippen LogP contribution in [0.5, 0.6) is 5.75 Å². The normalized spacial score (nSPS) is 11.1. The van der Waals surface area contributed by atoms with Crippen LogP contribution >= 0.6 is 0 Å². The van der Waals surface area contributed by atoms with E-state index in [1.54, 1.807) is 18.2 Å². The van der Waals surface area contributed by atoms with Crippen molar-refractivity contribution in [2.75, 3.05) is 0 Å². The molecule has 0 amide bonds. The Hall–Kier alpha value is -4.71. The first-order valence-electron chi connectivity index (χ1n) is 10.7. The van der Waals surface area contributed by atoms with Crippen molar-refractivity contribution in [3.05, 3.63) is 113 Å². The number of nitriles is 1. The fourth-order valence-corrected chi connectivity index (χ4v) is 3.78. The molecule has 0 saturated heterocycles. The minimum absolute atomic E-state index is 0.00615. The van der Waals surface area contributed by atoms with Crippen LogP contribution in [0.4, 0.5) is 22.0 Å². The number of carboxylic acids is 1. The second-order valence-corrected chi connectivity index (χ2v) is 7.99. The van der Waals surface area contributed by atoms with Gasteiger partial charge in [0.1, 0.15) is 24.0 Å². The van der Waals surface area contributed by atoms with Gasteiger partial charge in [-0.25, -0.2) is 13.6 Å². The summed E-state index contributed by atoms with van der Waals surface area (Å²) >= 11 is 0. The molecule has 0 unspecified atom stereocenters. The smallest absolute Gasteiger partial charge is 0.416 e. The van der Waals surface area contributed by atoms with Gasteiger partial charge in [-0.1, -0.05) is 24.3 Å². The molecule has 0 aliphatic heterocycles. The number of hydrogen-bond acceptors (Lipinski definition) is 3. The Bertz CT molecular complexity index is 1540. The van der Waals surface area contributed by atoms with Crippen molar-refractivity contribution in [3.8, 4) is 34.1 Å². The molecule has 4 aromatic rings. The predicted octanol–water partition coefficient (Wildman–Crippen LogP) is 7.47. The summed E-state index contributed by atoms with van der Waals surface area (Å²) in [4.78, 5) is 11.6. The first-order valence-corrected chi connectivity index (χ1v) is 10.7. The summed E-state index contributed by atoms with van der Waals surface area (Å²) < 4.78 is 73.8. The van der Waals surface area contributed by atoms with E-state index >= 15 is 0 Å². The van der Waals surface area contributed by atoms with Crippen LogP contribution in [0.2, 0.25) is 0 Å². The number of benzene rings is 4. The summed E-state index contributed by atoms with van der Waals surface area (Å²) in [5.41, 5.74) is -0.183. The number of carbonyl (C=O) groups is 1. The molecule has 186 valence electrons. The van der Waals surface area contributed by atoms with Crippen molar-refractivity contribution in [1.29, 1.82) is 5.26 Å². The SMILES string of the molecule is N#Cc1cc(C(=O)O)cc(-c2ccccc2-c2cc(C(F)(F)F)ccc2OCc2ccc(F)cc2F)c1. The number of carboxylic acid groups (broad SMARTS) is 1. The van der Waals surface area contributed by atoms with Gasteiger partial charge in [0.15, 0.2) is 0 Å². The number of rotatable bonds is 6. The fraction of sp³-hybridized carbons (Fsp3) is 0.0714. The van der Waals surface area contributed by atoms with E-state index in [1.165, 1.54) is 30.3 Å². The standard InChI is InChI=1S/C28H16F5NO3/c29-21-7-5-17(25(30)13-21)15-37-26-8-6-20(28(31,32)33)12-24(26)23-4-2-1-3-22(23)18-9-16(14-34)10-19(11-18)27(35)36/h1-13H,15H2,(H,35,36). The van der Waals surface area contributed by atoms with Gasteiger partial charge in [0.2, 0.25) is 0 Å². The molecule has 0 radical (unpaired) electrons. The van der Waals surface area contributed by atoms with Crippen LogP contribution < -0.4 is 4.74 Å². The van der Waals surface area contributed by atoms with Crippen molar-refractivity contribution in [3.63, 3.8) is 0 Å². The summed E-state index contributed by atoms with van der Waals surface area (Å²) in [6, 6.07) is 17.8. The minimum Gasteiger partial charge on any atom is -0.488 e. The lowest BCUT2D eigenvalue weighted by Crippen LogP contribution is -2.06. The van der Waals surface area contributed by atoms with E-state index in [4.69, 9.17) is 4.74 Å². The molecular formula is C28H16F5NO3. The van der Waals surface area contributed by atoms with Crippen LogP contribution in [0.1, 0.15) is 27.0 Å². The number of ether oxygens (including phenoxy) is 1. The van der Waals surface area contributed by atoms with Gasteiger partial charge < -0.3 is 9.84 Å². The summed E-state index contributed by atoms with van der Waals surface area (Å²) in [7, 11) is 0. The molecule has 4 rings (SSSR count). The maximum absolute atomic E-state index is 14.1. The van der Waals surface area contributed by atoms with Gasteiger partial charge in [-0.15, -0.1) is 0 Å². The molecule has 0 spiro atoms. The van der Waals surface area contributed by atoms with E-state index in [9.17, 15) is 37.1 Å². The largest absolute Gasteiger partial charge is 0.488 e. The van der Waals surface area contributed by atoms with Gasteiger partial charge in [-0.05, 0) is 65.2 Å². The van der Waals surface area contributed by atoms with Gasteiger partial charge in [0.25, 0.3) is 0 Å². The number of aromatic carboxylic acids is 1. The molecular weight excluding hydrogens is 493 g/mol. The second kappa shape index (κ2) is 10.1. The lowest BCUT2D eigenvalue weighted by Gasteiger charge is -2.18. The van der Waals surface area contributed by atoms with Crippen LogP contribution in [0, 0.1) is 23.0 Å². The first-order chi connectivity index (χ1) is 17.6. The predicted molar refractivity (Wildman–Crippen MR) is 125 cm³/mol. The third kappa shape index (κ3) is 5.59. The van der Waals surface area contributed by atoms with Crippen molar-refractivity contribution in [1.82, 2.24) is 0 Å². The number of nitrogens with zero attached hydrogens (tertiary/aromatic N) is 1. The van der Waals surface area contributed by atoms with E-state index in [2.05, 4.69) is 0 Å². The number of hydrogen-bond donors (Lipinski definition) is 1. The van der Waals surface area contributed by atoms with Crippen LogP contribution in [-0.4, -0.2) is 11.1 Å². The Morgan fingerprint density at radius 1 is 0.892 bits per heavy atom. The summed E-state index contributed by atoms with van der Waals surface area (Å²) in [5, 5.41) is 18.8. The Kier molecular flexibility index (Phi) is 6.94. The maximum atomic E-state index is 14.1. The monoisotopic (exact) mass is 509 g/mol. The molecule has 0 heterocycles. The number of halogens is 5. The average Bonchev–Trinajstić information content (AvgIpc) is 2.87. The molecule has 4 nitrogen and oxygen atoms in total. The summed E-state index contributed by atoms with van der Waals surface area (Å²) in [6.45, 7) is -0.389. The highest BCUT2D eigenvalue weighted by Gasteiger charge is 2.31. The Balaban J connectivity index is 1.87. The highest BCUT2D eigenvalue weighted by molar-refractivity contribution is 5.93. The fourth-order valence-electron chi connectivity index (χ4n) is 3.78. The molecule has 4 aromatic carbocycles. The van der Waals surface area contributed by atoms with E-state index < -0.39 is 29.3 Å². The molecule has 0 fully saturated rings. The van der Waals surface area contributed by atoms with Crippen LogP contribution in [0.3, 0.4) is 0 Å². The van der Waals surface area contributed by atoms with E-state index in [-0.39, 0.29) is 40.2 Å². The molecule has 0 bridgehead atoms. The quantitative estimate of drug-likeness (QED) is 0.274. The Morgan fingerprint density at radius 2 is 1.62 bits per heavy atom. The van der Waals surface area contributed by atoms with E-state index in [0.717, 1.165) is 24.3 Å². The maximum Gasteiger partial charge on any atom is 0.416 e. The first kappa shape index (κ1) is 25.4. The van der Waals surface area contributed by atoms with Gasteiger partial charge in [-0.3, -0.25) is 0 Å². The summed E-state index contributed by atoms with van der Waals surface area (Å²) in [5.74, 6) is -2.95. The van der Waals surface area contributed by atoms with Gasteiger partial charge >= 0.3 is 12.1 Å². The topological polar surface area (TPSA) is 70.3 Å². The van der Waals surface area contributed by atoms with E-state index in [1.807, 2.05) is 6.07 Å². The minimum atomic E-state index is -4.68. The van der Waals surface area contributed by atoms with Gasteiger partial charge in [0, 0.05) is 17.2 Å². The molecule has 9 heteroatoms. The van der Waals surface area contributed by atoms with Gasteiger partial charge in [0.05, 0.1) is 22.8 Å². The van der Waals surface area contributed by atoms with Crippen molar-refractivity contribution in [2.24, 2.45) is 0 Å². The van der Waals surface area contributed by atoms with E-state index in [0.29, 0.717) is 17.2 Å². The number of alkyl halides is 3. The lowest BCUT2D eigenvalue weighted by molar-refractivity contribution is -0.137. The average molecular weight is 509 g/mol. The highest BCUT2D eigenvalue weighted by Crippen LogP contribution is 2.41. The molecule has 0 aliphatic carbocycles. The summed E-state index contributed by atoms with van der Waals surface area (Å²) in [6.07, 6.45) is -4.68. The van der Waals surface area contributed by atoms with Gasteiger partial charge in [-0.2, -0.15) is 18.4 Å². The zero-order valence-corrected chi connectivity index (χ0v) is 18.8. The highest BCUT2D eigenvalue weighted by atomic mass is 19.4.